The number of aromatic nitrogens is 1. The van der Waals surface area contributed by atoms with Gasteiger partial charge < -0.3 is 15.1 Å². The van der Waals surface area contributed by atoms with Crippen LogP contribution in [0.2, 0.25) is 0 Å². The molecule has 3 atom stereocenters. The van der Waals surface area contributed by atoms with Crippen molar-refractivity contribution < 1.29 is 10.2 Å². The van der Waals surface area contributed by atoms with Crippen LogP contribution in [-0.4, -0.2) is 34.4 Å². The van der Waals surface area contributed by atoms with E-state index in [1.807, 2.05) is 19.1 Å². The highest BCUT2D eigenvalue weighted by Gasteiger charge is 2.26. The van der Waals surface area contributed by atoms with E-state index in [1.165, 1.54) is 0 Å². The third kappa shape index (κ3) is 2.76. The van der Waals surface area contributed by atoms with Gasteiger partial charge in [0.05, 0.1) is 12.2 Å². The predicted octanol–water partition coefficient (Wildman–Crippen LogP) is 1.34. The Morgan fingerprint density at radius 2 is 2.18 bits per heavy atom. The lowest BCUT2D eigenvalue weighted by Crippen LogP contribution is -2.24. The molecule has 0 aliphatic carbocycles. The van der Waals surface area contributed by atoms with Gasteiger partial charge in [0.25, 0.3) is 0 Å². The fourth-order valence-corrected chi connectivity index (χ4v) is 2.26. The molecule has 0 bridgehead atoms. The van der Waals surface area contributed by atoms with Crippen molar-refractivity contribution in [2.75, 3.05) is 18.0 Å². The topological polar surface area (TPSA) is 56.6 Å². The van der Waals surface area contributed by atoms with E-state index in [-0.39, 0.29) is 6.10 Å². The number of hydrogen-bond donors (Lipinski definition) is 2. The highest BCUT2D eigenvalue weighted by Crippen LogP contribution is 2.25. The van der Waals surface area contributed by atoms with Gasteiger partial charge in [0.1, 0.15) is 5.82 Å². The zero-order valence-corrected chi connectivity index (χ0v) is 10.4. The molecule has 2 N–H and O–H groups in total. The minimum absolute atomic E-state index is 0.264. The molecule has 1 aromatic rings. The first-order valence-electron chi connectivity index (χ1n) is 6.15. The van der Waals surface area contributed by atoms with Gasteiger partial charge in [-0.1, -0.05) is 0 Å². The molecule has 0 radical (unpaired) electrons. The Balaban J connectivity index is 2.11. The average molecular weight is 236 g/mol. The summed E-state index contributed by atoms with van der Waals surface area (Å²) in [5.41, 5.74) is 0.885. The maximum Gasteiger partial charge on any atom is 0.128 e. The van der Waals surface area contributed by atoms with Gasteiger partial charge in [-0.25, -0.2) is 4.98 Å². The van der Waals surface area contributed by atoms with Crippen LogP contribution in [0.15, 0.2) is 18.3 Å². The van der Waals surface area contributed by atoms with Crippen LogP contribution < -0.4 is 4.90 Å². The zero-order chi connectivity index (χ0) is 12.4. The van der Waals surface area contributed by atoms with Crippen molar-refractivity contribution in [3.8, 4) is 0 Å². The molecule has 3 unspecified atom stereocenters. The summed E-state index contributed by atoms with van der Waals surface area (Å²) in [4.78, 5) is 6.50. The first-order valence-corrected chi connectivity index (χ1v) is 6.15. The number of aliphatic hydroxyl groups excluding tert-OH is 2. The summed E-state index contributed by atoms with van der Waals surface area (Å²) in [5.74, 6) is 1.22. The zero-order valence-electron chi connectivity index (χ0n) is 10.4. The Kier molecular flexibility index (Phi) is 3.64. The van der Waals surface area contributed by atoms with Crippen molar-refractivity contribution in [2.45, 2.75) is 32.5 Å². The van der Waals surface area contributed by atoms with Gasteiger partial charge in [-0.2, -0.15) is 0 Å². The molecular formula is C13H20N2O2. The fourth-order valence-electron chi connectivity index (χ4n) is 2.26. The molecule has 17 heavy (non-hydrogen) atoms. The third-order valence-corrected chi connectivity index (χ3v) is 3.48. The van der Waals surface area contributed by atoms with Crippen LogP contribution in [-0.2, 0) is 0 Å². The Morgan fingerprint density at radius 1 is 1.41 bits per heavy atom. The quantitative estimate of drug-likeness (QED) is 0.831. The van der Waals surface area contributed by atoms with Crippen LogP contribution in [0.1, 0.15) is 31.9 Å². The van der Waals surface area contributed by atoms with E-state index in [0.29, 0.717) is 5.92 Å². The van der Waals surface area contributed by atoms with Crippen LogP contribution in [0.5, 0.6) is 0 Å². The van der Waals surface area contributed by atoms with Crippen LogP contribution in [0.25, 0.3) is 0 Å². The van der Waals surface area contributed by atoms with Gasteiger partial charge in [-0.05, 0) is 38.0 Å². The molecule has 0 spiro atoms. The second kappa shape index (κ2) is 5.02. The Labute approximate surface area is 102 Å². The smallest absolute Gasteiger partial charge is 0.128 e. The van der Waals surface area contributed by atoms with Gasteiger partial charge >= 0.3 is 0 Å². The highest BCUT2D eigenvalue weighted by molar-refractivity contribution is 5.42. The fraction of sp³-hybridized carbons (Fsp3) is 0.615. The Hall–Kier alpha value is -1.13. The van der Waals surface area contributed by atoms with E-state index >= 15 is 0 Å². The largest absolute Gasteiger partial charge is 0.393 e. The lowest BCUT2D eigenvalue weighted by atomic mass is 10.0. The predicted molar refractivity (Wildman–Crippen MR) is 66.9 cm³/mol. The monoisotopic (exact) mass is 236 g/mol. The van der Waals surface area contributed by atoms with Crippen molar-refractivity contribution in [3.05, 3.63) is 23.9 Å². The van der Waals surface area contributed by atoms with Crippen molar-refractivity contribution in [1.29, 1.82) is 0 Å². The number of hydrogen-bond acceptors (Lipinski definition) is 4. The van der Waals surface area contributed by atoms with E-state index in [2.05, 4.69) is 9.88 Å². The van der Waals surface area contributed by atoms with Crippen molar-refractivity contribution >= 4 is 5.82 Å². The third-order valence-electron chi connectivity index (χ3n) is 3.48. The van der Waals surface area contributed by atoms with Gasteiger partial charge in [0.2, 0.25) is 0 Å². The Morgan fingerprint density at radius 3 is 2.76 bits per heavy atom. The molecule has 94 valence electrons. The molecule has 1 aliphatic heterocycles. The van der Waals surface area contributed by atoms with Gasteiger partial charge in [0.15, 0.2) is 0 Å². The van der Waals surface area contributed by atoms with E-state index in [0.717, 1.165) is 30.9 Å². The van der Waals surface area contributed by atoms with Crippen LogP contribution in [0.3, 0.4) is 0 Å². The maximum atomic E-state index is 9.57. The lowest BCUT2D eigenvalue weighted by Gasteiger charge is -2.19. The first kappa shape index (κ1) is 12.3. The van der Waals surface area contributed by atoms with Crippen molar-refractivity contribution in [1.82, 2.24) is 4.98 Å². The van der Waals surface area contributed by atoms with Crippen molar-refractivity contribution in [2.24, 2.45) is 5.92 Å². The minimum Gasteiger partial charge on any atom is -0.393 e. The van der Waals surface area contributed by atoms with E-state index in [9.17, 15) is 10.2 Å². The summed E-state index contributed by atoms with van der Waals surface area (Å²) in [7, 11) is 0. The second-order valence-corrected chi connectivity index (χ2v) is 4.86. The normalized spacial score (nSPS) is 23.8. The molecule has 2 heterocycles. The number of nitrogens with zero attached hydrogens (tertiary/aromatic N) is 2. The van der Waals surface area contributed by atoms with Crippen molar-refractivity contribution in [3.63, 3.8) is 0 Å². The summed E-state index contributed by atoms with van der Waals surface area (Å²) in [6, 6.07) is 3.76. The molecule has 1 aliphatic rings. The molecule has 0 amide bonds. The minimum atomic E-state index is -0.466. The number of rotatable bonds is 3. The van der Waals surface area contributed by atoms with Crippen LogP contribution in [0.4, 0.5) is 5.82 Å². The molecule has 1 saturated heterocycles. The van der Waals surface area contributed by atoms with Gasteiger partial charge in [-0.15, -0.1) is 0 Å². The molecule has 0 aromatic carbocycles. The second-order valence-electron chi connectivity index (χ2n) is 4.86. The van der Waals surface area contributed by atoms with Gasteiger partial charge in [0, 0.05) is 25.2 Å². The van der Waals surface area contributed by atoms with E-state index in [1.54, 1.807) is 13.1 Å². The van der Waals surface area contributed by atoms with Crippen LogP contribution >= 0.6 is 0 Å². The van der Waals surface area contributed by atoms with Crippen LogP contribution in [0, 0.1) is 5.92 Å². The number of aliphatic hydroxyl groups is 2. The molecule has 1 fully saturated rings. The molecular weight excluding hydrogens is 216 g/mol. The standard InChI is InChI=1S/C13H20N2O2/c1-9(16)11-3-5-14-13(7-11)15-6-4-12(8-15)10(2)17/h3,5,7,9-10,12,16-17H,4,6,8H2,1-2H3. The lowest BCUT2D eigenvalue weighted by molar-refractivity contribution is 0.136. The average Bonchev–Trinajstić information content (AvgIpc) is 2.78. The maximum absolute atomic E-state index is 9.57. The highest BCUT2D eigenvalue weighted by atomic mass is 16.3. The molecule has 0 saturated carbocycles. The summed E-state index contributed by atoms with van der Waals surface area (Å²) in [5, 5.41) is 19.1. The molecule has 1 aromatic heterocycles. The Bertz CT molecular complexity index is 379. The van der Waals surface area contributed by atoms with E-state index in [4.69, 9.17) is 0 Å². The SMILES string of the molecule is CC(O)c1ccnc(N2CCC(C(C)O)C2)c1. The molecule has 4 heteroatoms. The summed E-state index contributed by atoms with van der Waals surface area (Å²) in [6.07, 6.45) is 2.00. The summed E-state index contributed by atoms with van der Waals surface area (Å²) >= 11 is 0. The summed E-state index contributed by atoms with van der Waals surface area (Å²) < 4.78 is 0. The number of pyridine rings is 1. The van der Waals surface area contributed by atoms with E-state index < -0.39 is 6.10 Å². The molecule has 2 rings (SSSR count). The molecule has 4 nitrogen and oxygen atoms in total. The van der Waals surface area contributed by atoms with Gasteiger partial charge in [-0.3, -0.25) is 0 Å². The number of anilines is 1. The summed E-state index contributed by atoms with van der Waals surface area (Å²) in [6.45, 7) is 5.36. The first-order chi connectivity index (χ1) is 8.08.